The highest BCUT2D eigenvalue weighted by atomic mass is 16.3. The van der Waals surface area contributed by atoms with Gasteiger partial charge in [-0.1, -0.05) is 13.3 Å². The van der Waals surface area contributed by atoms with Crippen LogP contribution in [0, 0.1) is 11.8 Å². The molecule has 2 rings (SSSR count). The molecule has 0 radical (unpaired) electrons. The SMILES string of the molecule is CCN(CC1CCC1)CC(O)C1CC1. The molecule has 1 unspecified atom stereocenters. The smallest absolute Gasteiger partial charge is 0.0695 e. The highest BCUT2D eigenvalue weighted by Crippen LogP contribution is 2.33. The first-order valence-corrected chi connectivity index (χ1v) is 6.20. The lowest BCUT2D eigenvalue weighted by molar-refractivity contribution is 0.0801. The molecular weight excluding hydrogens is 174 g/mol. The molecular formula is C12H23NO. The first-order valence-electron chi connectivity index (χ1n) is 6.20. The predicted octanol–water partition coefficient (Wildman–Crippen LogP) is 1.88. The van der Waals surface area contributed by atoms with E-state index in [1.807, 2.05) is 0 Å². The molecule has 2 aliphatic rings. The van der Waals surface area contributed by atoms with Crippen LogP contribution < -0.4 is 0 Å². The lowest BCUT2D eigenvalue weighted by atomic mass is 9.85. The summed E-state index contributed by atoms with van der Waals surface area (Å²) in [6, 6.07) is 0. The van der Waals surface area contributed by atoms with Gasteiger partial charge in [0.05, 0.1) is 6.10 Å². The molecule has 0 heterocycles. The van der Waals surface area contributed by atoms with Crippen molar-refractivity contribution in [3.05, 3.63) is 0 Å². The van der Waals surface area contributed by atoms with E-state index in [0.29, 0.717) is 5.92 Å². The Morgan fingerprint density at radius 2 is 2.00 bits per heavy atom. The molecule has 82 valence electrons. The predicted molar refractivity (Wildman–Crippen MR) is 58.2 cm³/mol. The molecule has 0 saturated heterocycles. The summed E-state index contributed by atoms with van der Waals surface area (Å²) in [4.78, 5) is 2.44. The van der Waals surface area contributed by atoms with Gasteiger partial charge in [0.2, 0.25) is 0 Å². The molecule has 0 bridgehead atoms. The summed E-state index contributed by atoms with van der Waals surface area (Å²) in [7, 11) is 0. The standard InChI is InChI=1S/C12H23NO/c1-2-13(8-10-4-3-5-10)9-12(14)11-6-7-11/h10-12,14H,2-9H2,1H3. The van der Waals surface area contributed by atoms with Crippen molar-refractivity contribution in [1.29, 1.82) is 0 Å². The van der Waals surface area contributed by atoms with Gasteiger partial charge < -0.3 is 10.0 Å². The Hall–Kier alpha value is -0.0800. The number of hydrogen-bond donors (Lipinski definition) is 1. The largest absolute Gasteiger partial charge is 0.392 e. The lowest BCUT2D eigenvalue weighted by Gasteiger charge is -2.32. The van der Waals surface area contributed by atoms with Crippen molar-refractivity contribution in [1.82, 2.24) is 4.90 Å². The van der Waals surface area contributed by atoms with Crippen molar-refractivity contribution in [3.63, 3.8) is 0 Å². The van der Waals surface area contributed by atoms with Crippen molar-refractivity contribution in [3.8, 4) is 0 Å². The van der Waals surface area contributed by atoms with E-state index in [2.05, 4.69) is 11.8 Å². The van der Waals surface area contributed by atoms with Gasteiger partial charge in [0.15, 0.2) is 0 Å². The number of likely N-dealkylation sites (N-methyl/N-ethyl adjacent to an activating group) is 1. The molecule has 2 heteroatoms. The Labute approximate surface area is 87.3 Å². The Morgan fingerprint density at radius 3 is 2.43 bits per heavy atom. The van der Waals surface area contributed by atoms with E-state index in [1.165, 1.54) is 38.6 Å². The zero-order valence-corrected chi connectivity index (χ0v) is 9.28. The normalized spacial score (nSPS) is 25.1. The number of hydrogen-bond acceptors (Lipinski definition) is 2. The van der Waals surface area contributed by atoms with Crippen molar-refractivity contribution >= 4 is 0 Å². The molecule has 0 aliphatic heterocycles. The minimum absolute atomic E-state index is 0.0463. The van der Waals surface area contributed by atoms with Gasteiger partial charge in [-0.05, 0) is 44.1 Å². The van der Waals surface area contributed by atoms with Crippen LogP contribution >= 0.6 is 0 Å². The maximum atomic E-state index is 9.85. The molecule has 0 amide bonds. The first-order chi connectivity index (χ1) is 6.79. The third-order valence-electron chi connectivity index (χ3n) is 3.80. The van der Waals surface area contributed by atoms with Crippen molar-refractivity contribution in [2.45, 2.75) is 45.1 Å². The molecule has 14 heavy (non-hydrogen) atoms. The van der Waals surface area contributed by atoms with Crippen molar-refractivity contribution in [2.75, 3.05) is 19.6 Å². The van der Waals surface area contributed by atoms with Gasteiger partial charge >= 0.3 is 0 Å². The van der Waals surface area contributed by atoms with E-state index >= 15 is 0 Å². The first kappa shape index (κ1) is 10.4. The second-order valence-electron chi connectivity index (χ2n) is 5.05. The van der Waals surface area contributed by atoms with Gasteiger partial charge in [-0.3, -0.25) is 0 Å². The topological polar surface area (TPSA) is 23.5 Å². The zero-order chi connectivity index (χ0) is 9.97. The van der Waals surface area contributed by atoms with Gasteiger partial charge in [-0.2, -0.15) is 0 Å². The summed E-state index contributed by atoms with van der Waals surface area (Å²) in [5.41, 5.74) is 0. The van der Waals surface area contributed by atoms with Gasteiger partial charge in [0, 0.05) is 13.1 Å². The van der Waals surface area contributed by atoms with E-state index in [-0.39, 0.29) is 6.10 Å². The van der Waals surface area contributed by atoms with Gasteiger partial charge in [-0.25, -0.2) is 0 Å². The lowest BCUT2D eigenvalue weighted by Crippen LogP contribution is -2.38. The van der Waals surface area contributed by atoms with Gasteiger partial charge in [0.1, 0.15) is 0 Å². The van der Waals surface area contributed by atoms with Crippen LogP contribution in [0.2, 0.25) is 0 Å². The second-order valence-corrected chi connectivity index (χ2v) is 5.05. The molecule has 0 spiro atoms. The maximum Gasteiger partial charge on any atom is 0.0695 e. The van der Waals surface area contributed by atoms with Crippen molar-refractivity contribution in [2.24, 2.45) is 11.8 Å². The van der Waals surface area contributed by atoms with Crippen molar-refractivity contribution < 1.29 is 5.11 Å². The van der Waals surface area contributed by atoms with Crippen LogP contribution in [0.1, 0.15) is 39.0 Å². The van der Waals surface area contributed by atoms with Gasteiger partial charge in [-0.15, -0.1) is 0 Å². The van der Waals surface area contributed by atoms with Crippen LogP contribution in [-0.4, -0.2) is 35.7 Å². The highest BCUT2D eigenvalue weighted by molar-refractivity contribution is 4.83. The number of aliphatic hydroxyl groups is 1. The summed E-state index contributed by atoms with van der Waals surface area (Å²) in [6.07, 6.45) is 6.71. The number of aliphatic hydroxyl groups excluding tert-OH is 1. The highest BCUT2D eigenvalue weighted by Gasteiger charge is 2.31. The van der Waals surface area contributed by atoms with E-state index in [0.717, 1.165) is 19.0 Å². The summed E-state index contributed by atoms with van der Waals surface area (Å²) in [5.74, 6) is 1.56. The molecule has 0 aromatic rings. The molecule has 2 nitrogen and oxygen atoms in total. The Kier molecular flexibility index (Phi) is 3.45. The van der Waals surface area contributed by atoms with Crippen LogP contribution in [0.15, 0.2) is 0 Å². The van der Waals surface area contributed by atoms with Crippen LogP contribution in [0.25, 0.3) is 0 Å². The molecule has 0 aromatic heterocycles. The minimum atomic E-state index is -0.0463. The number of nitrogens with zero attached hydrogens (tertiary/aromatic N) is 1. The molecule has 2 fully saturated rings. The average Bonchev–Trinajstić information content (AvgIpc) is 2.91. The van der Waals surface area contributed by atoms with Crippen LogP contribution in [-0.2, 0) is 0 Å². The summed E-state index contributed by atoms with van der Waals surface area (Å²) >= 11 is 0. The molecule has 2 saturated carbocycles. The van der Waals surface area contributed by atoms with E-state index in [1.54, 1.807) is 0 Å². The third kappa shape index (κ3) is 2.71. The molecule has 1 N–H and O–H groups in total. The number of rotatable bonds is 6. The Morgan fingerprint density at radius 1 is 1.29 bits per heavy atom. The summed E-state index contributed by atoms with van der Waals surface area (Å²) in [5, 5.41) is 9.85. The van der Waals surface area contributed by atoms with Gasteiger partial charge in [0.25, 0.3) is 0 Å². The average molecular weight is 197 g/mol. The third-order valence-corrected chi connectivity index (χ3v) is 3.80. The van der Waals surface area contributed by atoms with Crippen LogP contribution in [0.5, 0.6) is 0 Å². The second kappa shape index (κ2) is 4.63. The molecule has 2 aliphatic carbocycles. The van der Waals surface area contributed by atoms with E-state index < -0.39 is 0 Å². The Bertz CT molecular complexity index is 175. The summed E-state index contributed by atoms with van der Waals surface area (Å²) < 4.78 is 0. The summed E-state index contributed by atoms with van der Waals surface area (Å²) in [6.45, 7) is 5.44. The van der Waals surface area contributed by atoms with Crippen LogP contribution in [0.4, 0.5) is 0 Å². The maximum absolute atomic E-state index is 9.85. The van der Waals surface area contributed by atoms with E-state index in [4.69, 9.17) is 0 Å². The quantitative estimate of drug-likeness (QED) is 0.703. The fraction of sp³-hybridized carbons (Fsp3) is 1.00. The molecule has 0 aromatic carbocycles. The fourth-order valence-corrected chi connectivity index (χ4v) is 2.27. The zero-order valence-electron chi connectivity index (χ0n) is 9.28. The minimum Gasteiger partial charge on any atom is -0.392 e. The molecule has 1 atom stereocenters. The van der Waals surface area contributed by atoms with E-state index in [9.17, 15) is 5.11 Å². The van der Waals surface area contributed by atoms with Crippen LogP contribution in [0.3, 0.4) is 0 Å². The Balaban J connectivity index is 1.68. The fourth-order valence-electron chi connectivity index (χ4n) is 2.27. The monoisotopic (exact) mass is 197 g/mol.